The molecule has 1 aromatic heterocycles. The minimum atomic E-state index is -0.106. The van der Waals surface area contributed by atoms with Crippen LogP contribution in [-0.2, 0) is 6.42 Å². The number of ether oxygens (including phenoxy) is 1. The maximum Gasteiger partial charge on any atom is 0.123 e. The number of nitrogens with two attached hydrogens (primary N) is 1. The minimum Gasteiger partial charge on any atom is -0.496 e. The Kier molecular flexibility index (Phi) is 4.17. The van der Waals surface area contributed by atoms with E-state index in [1.54, 1.807) is 7.11 Å². The predicted molar refractivity (Wildman–Crippen MR) is 77.3 cm³/mol. The first kappa shape index (κ1) is 13.6. The van der Waals surface area contributed by atoms with Crippen LogP contribution in [0.3, 0.4) is 0 Å². The van der Waals surface area contributed by atoms with Crippen molar-refractivity contribution in [1.29, 1.82) is 0 Å². The number of pyridine rings is 1. The van der Waals surface area contributed by atoms with Gasteiger partial charge in [0.05, 0.1) is 7.11 Å². The van der Waals surface area contributed by atoms with E-state index in [1.165, 1.54) is 5.56 Å². The average molecular weight is 256 g/mol. The van der Waals surface area contributed by atoms with Gasteiger partial charge >= 0.3 is 0 Å². The molecule has 0 amide bonds. The molecule has 0 aliphatic heterocycles. The minimum absolute atomic E-state index is 0.106. The average Bonchev–Trinajstić information content (AvgIpc) is 2.41. The molecule has 2 rings (SSSR count). The highest BCUT2D eigenvalue weighted by Crippen LogP contribution is 2.26. The summed E-state index contributed by atoms with van der Waals surface area (Å²) < 4.78 is 5.38. The van der Waals surface area contributed by atoms with Gasteiger partial charge in [0.25, 0.3) is 0 Å². The Morgan fingerprint density at radius 2 is 1.89 bits per heavy atom. The molecule has 1 heterocycles. The highest BCUT2D eigenvalue weighted by Gasteiger charge is 2.13. The zero-order valence-corrected chi connectivity index (χ0v) is 11.7. The molecule has 1 atom stereocenters. The van der Waals surface area contributed by atoms with Gasteiger partial charge in [-0.15, -0.1) is 0 Å². The molecule has 0 fully saturated rings. The summed E-state index contributed by atoms with van der Waals surface area (Å²) in [6.45, 7) is 4.08. The summed E-state index contributed by atoms with van der Waals surface area (Å²) in [5.74, 6) is 0.838. The normalized spacial score (nSPS) is 12.2. The molecule has 0 saturated carbocycles. The molecule has 19 heavy (non-hydrogen) atoms. The van der Waals surface area contributed by atoms with Gasteiger partial charge in [-0.2, -0.15) is 0 Å². The Morgan fingerprint density at radius 1 is 1.16 bits per heavy atom. The maximum absolute atomic E-state index is 6.29. The Morgan fingerprint density at radius 3 is 2.53 bits per heavy atom. The molecule has 1 unspecified atom stereocenters. The number of rotatable bonds is 4. The molecule has 1 aromatic carbocycles. The van der Waals surface area contributed by atoms with E-state index in [4.69, 9.17) is 10.5 Å². The summed E-state index contributed by atoms with van der Waals surface area (Å²) in [4.78, 5) is 4.40. The Balaban J connectivity index is 2.21. The molecule has 0 saturated heterocycles. The second kappa shape index (κ2) is 5.85. The van der Waals surface area contributed by atoms with Gasteiger partial charge in [0.1, 0.15) is 5.75 Å². The van der Waals surface area contributed by atoms with Crippen LogP contribution in [0.2, 0.25) is 0 Å². The van der Waals surface area contributed by atoms with E-state index < -0.39 is 0 Å². The fourth-order valence-corrected chi connectivity index (χ4v) is 2.10. The van der Waals surface area contributed by atoms with Crippen molar-refractivity contribution >= 4 is 0 Å². The van der Waals surface area contributed by atoms with Crippen LogP contribution in [0.5, 0.6) is 5.75 Å². The third-order valence-electron chi connectivity index (χ3n) is 3.19. The monoisotopic (exact) mass is 256 g/mol. The smallest absolute Gasteiger partial charge is 0.123 e. The van der Waals surface area contributed by atoms with Crippen molar-refractivity contribution in [2.24, 2.45) is 5.73 Å². The van der Waals surface area contributed by atoms with E-state index in [1.807, 2.05) is 31.3 Å². The number of hydrogen-bond acceptors (Lipinski definition) is 3. The summed E-state index contributed by atoms with van der Waals surface area (Å²) >= 11 is 0. The first-order valence-electron chi connectivity index (χ1n) is 6.42. The fraction of sp³-hybridized carbons (Fsp3) is 0.312. The molecule has 0 bridgehead atoms. The van der Waals surface area contributed by atoms with Crippen molar-refractivity contribution in [2.45, 2.75) is 26.3 Å². The number of nitrogens with zero attached hydrogens (tertiary/aromatic N) is 1. The van der Waals surface area contributed by atoms with Crippen LogP contribution in [0.25, 0.3) is 0 Å². The molecule has 0 aliphatic rings. The van der Waals surface area contributed by atoms with Gasteiger partial charge < -0.3 is 10.5 Å². The predicted octanol–water partition coefficient (Wildman–Crippen LogP) is 2.95. The zero-order chi connectivity index (χ0) is 13.8. The molecule has 0 aliphatic carbocycles. The van der Waals surface area contributed by atoms with Crippen molar-refractivity contribution in [2.75, 3.05) is 7.11 Å². The third-order valence-corrected chi connectivity index (χ3v) is 3.19. The topological polar surface area (TPSA) is 48.1 Å². The lowest BCUT2D eigenvalue weighted by Gasteiger charge is -2.16. The number of aryl methyl sites for hydroxylation is 2. The van der Waals surface area contributed by atoms with Gasteiger partial charge in [-0.05, 0) is 31.5 Å². The van der Waals surface area contributed by atoms with Crippen LogP contribution in [0.15, 0.2) is 36.5 Å². The Hall–Kier alpha value is -1.87. The molecule has 100 valence electrons. The van der Waals surface area contributed by atoms with E-state index >= 15 is 0 Å². The molecule has 3 heteroatoms. The molecule has 0 spiro atoms. The lowest BCUT2D eigenvalue weighted by molar-refractivity contribution is 0.405. The van der Waals surface area contributed by atoms with Crippen LogP contribution in [-0.4, -0.2) is 12.1 Å². The number of methoxy groups -OCH3 is 1. The van der Waals surface area contributed by atoms with Gasteiger partial charge in [0.2, 0.25) is 0 Å². The van der Waals surface area contributed by atoms with Crippen LogP contribution in [0, 0.1) is 13.8 Å². The van der Waals surface area contributed by atoms with Crippen molar-refractivity contribution in [3.05, 3.63) is 58.9 Å². The quantitative estimate of drug-likeness (QED) is 0.915. The summed E-state index contributed by atoms with van der Waals surface area (Å²) in [5.41, 5.74) is 10.7. The standard InChI is InChI=1S/C16H20N2O/c1-11-5-7-16(19-3)14(8-11)15(17)9-13-6-4-12(2)10-18-13/h4-8,10,15H,9,17H2,1-3H3. The van der Waals surface area contributed by atoms with Crippen LogP contribution in [0.4, 0.5) is 0 Å². The van der Waals surface area contributed by atoms with E-state index in [9.17, 15) is 0 Å². The zero-order valence-electron chi connectivity index (χ0n) is 11.7. The SMILES string of the molecule is COc1ccc(C)cc1C(N)Cc1ccc(C)cn1. The highest BCUT2D eigenvalue weighted by atomic mass is 16.5. The summed E-state index contributed by atoms with van der Waals surface area (Å²) in [6.07, 6.45) is 2.58. The second-order valence-electron chi connectivity index (χ2n) is 4.88. The lowest BCUT2D eigenvalue weighted by Crippen LogP contribution is -2.15. The number of aromatic nitrogens is 1. The lowest BCUT2D eigenvalue weighted by atomic mass is 9.99. The van der Waals surface area contributed by atoms with Crippen molar-refractivity contribution in [1.82, 2.24) is 4.98 Å². The van der Waals surface area contributed by atoms with E-state index in [2.05, 4.69) is 24.0 Å². The molecule has 0 radical (unpaired) electrons. The van der Waals surface area contributed by atoms with Crippen molar-refractivity contribution in [3.8, 4) is 5.75 Å². The maximum atomic E-state index is 6.29. The molecule has 2 N–H and O–H groups in total. The van der Waals surface area contributed by atoms with Gasteiger partial charge in [0.15, 0.2) is 0 Å². The van der Waals surface area contributed by atoms with Gasteiger partial charge in [-0.25, -0.2) is 0 Å². The summed E-state index contributed by atoms with van der Waals surface area (Å²) in [6, 6.07) is 10.1. The van der Waals surface area contributed by atoms with E-state index in [0.717, 1.165) is 22.6 Å². The fourth-order valence-electron chi connectivity index (χ4n) is 2.10. The molecular formula is C16H20N2O. The van der Waals surface area contributed by atoms with Crippen molar-refractivity contribution < 1.29 is 4.74 Å². The van der Waals surface area contributed by atoms with Gasteiger partial charge in [-0.3, -0.25) is 4.98 Å². The van der Waals surface area contributed by atoms with Crippen LogP contribution in [0.1, 0.15) is 28.4 Å². The second-order valence-corrected chi connectivity index (χ2v) is 4.88. The number of hydrogen-bond donors (Lipinski definition) is 1. The Bertz CT molecular complexity index is 549. The van der Waals surface area contributed by atoms with E-state index in [-0.39, 0.29) is 6.04 Å². The largest absolute Gasteiger partial charge is 0.496 e. The first-order chi connectivity index (χ1) is 9.10. The van der Waals surface area contributed by atoms with Crippen LogP contribution >= 0.6 is 0 Å². The first-order valence-corrected chi connectivity index (χ1v) is 6.42. The van der Waals surface area contributed by atoms with Gasteiger partial charge in [-0.1, -0.05) is 23.8 Å². The molecule has 3 nitrogen and oxygen atoms in total. The third kappa shape index (κ3) is 3.32. The molecule has 2 aromatic rings. The molecular weight excluding hydrogens is 236 g/mol. The van der Waals surface area contributed by atoms with E-state index in [0.29, 0.717) is 6.42 Å². The van der Waals surface area contributed by atoms with Crippen LogP contribution < -0.4 is 10.5 Å². The summed E-state index contributed by atoms with van der Waals surface area (Å²) in [5, 5.41) is 0. The number of benzene rings is 1. The van der Waals surface area contributed by atoms with Crippen molar-refractivity contribution in [3.63, 3.8) is 0 Å². The highest BCUT2D eigenvalue weighted by molar-refractivity contribution is 5.39. The van der Waals surface area contributed by atoms with Gasteiger partial charge in [0, 0.05) is 29.9 Å². The Labute approximate surface area is 114 Å². The summed E-state index contributed by atoms with van der Waals surface area (Å²) in [7, 11) is 1.67.